The second-order valence-electron chi connectivity index (χ2n) is 2.64. The number of aliphatic carboxylic acids is 2. The number of carboxylic acids is 2. The lowest BCUT2D eigenvalue weighted by atomic mass is 10.3. The lowest BCUT2D eigenvalue weighted by molar-refractivity contribution is -0.137. The van der Waals surface area contributed by atoms with Crippen molar-refractivity contribution in [3.63, 3.8) is 0 Å². The maximum absolute atomic E-state index is 10.2. The topological polar surface area (TPSA) is 98.5 Å². The molecule has 0 unspecified atom stereocenters. The molecule has 0 rings (SSSR count). The van der Waals surface area contributed by atoms with E-state index in [4.69, 9.17) is 15.6 Å². The van der Waals surface area contributed by atoms with Gasteiger partial charge in [0.05, 0.1) is 0 Å². The van der Waals surface area contributed by atoms with E-state index in [-0.39, 0.29) is 18.6 Å². The molecule has 14 heavy (non-hydrogen) atoms. The van der Waals surface area contributed by atoms with Gasteiger partial charge >= 0.3 is 11.9 Å². The summed E-state index contributed by atoms with van der Waals surface area (Å²) in [7, 11) is 0. The van der Waals surface area contributed by atoms with E-state index in [1.165, 1.54) is 11.8 Å². The molecule has 0 atom stereocenters. The third-order valence-electron chi connectivity index (χ3n) is 1.43. The predicted octanol–water partition coefficient (Wildman–Crippen LogP) is 1.08. The predicted molar refractivity (Wildman–Crippen MR) is 54.2 cm³/mol. The fraction of sp³-hybridized carbons (Fsp3) is 0.625. The van der Waals surface area contributed by atoms with Gasteiger partial charge in [-0.05, 0) is 17.9 Å². The maximum Gasteiger partial charge on any atom is 0.349 e. The Labute approximate surface area is 86.0 Å². The first kappa shape index (κ1) is 13.0. The van der Waals surface area contributed by atoms with Crippen LogP contribution < -0.4 is 0 Å². The molecule has 0 bridgehead atoms. The Bertz CT molecular complexity index is 229. The number of rotatable bonds is 8. The van der Waals surface area contributed by atoms with E-state index in [1.54, 1.807) is 0 Å². The molecule has 0 heterocycles. The summed E-state index contributed by atoms with van der Waals surface area (Å²) in [6, 6.07) is 0. The molecule has 0 aromatic carbocycles. The minimum Gasteiger partial charge on any atom is -0.481 e. The molecular formula is C8H13NO4S. The van der Waals surface area contributed by atoms with Gasteiger partial charge < -0.3 is 10.2 Å². The molecule has 0 aromatic heterocycles. The number of thioether (sulfide) groups is 1. The monoisotopic (exact) mass is 219 g/mol. The van der Waals surface area contributed by atoms with Crippen LogP contribution in [0.2, 0.25) is 0 Å². The summed E-state index contributed by atoms with van der Waals surface area (Å²) >= 11 is 1.47. The van der Waals surface area contributed by atoms with Crippen LogP contribution in [0.4, 0.5) is 0 Å². The average Bonchev–Trinajstić information content (AvgIpc) is 2.09. The maximum atomic E-state index is 10.2. The van der Waals surface area contributed by atoms with Crippen molar-refractivity contribution < 1.29 is 19.8 Å². The van der Waals surface area contributed by atoms with Gasteiger partial charge in [0.15, 0.2) is 0 Å². The van der Waals surface area contributed by atoms with E-state index < -0.39 is 11.9 Å². The SMILES string of the molecule is N=C(CCSCCCC(=O)O)C(=O)O. The van der Waals surface area contributed by atoms with E-state index in [1.807, 2.05) is 0 Å². The Morgan fingerprint density at radius 1 is 1.14 bits per heavy atom. The molecule has 0 amide bonds. The molecule has 0 aliphatic heterocycles. The Balaban J connectivity index is 3.26. The normalized spacial score (nSPS) is 9.71. The average molecular weight is 219 g/mol. The highest BCUT2D eigenvalue weighted by Gasteiger charge is 2.05. The first-order valence-corrected chi connectivity index (χ1v) is 5.29. The second-order valence-corrected chi connectivity index (χ2v) is 3.87. The van der Waals surface area contributed by atoms with Gasteiger partial charge in [-0.15, -0.1) is 0 Å². The van der Waals surface area contributed by atoms with Gasteiger partial charge in [0.25, 0.3) is 0 Å². The molecule has 0 spiro atoms. The highest BCUT2D eigenvalue weighted by atomic mass is 32.2. The van der Waals surface area contributed by atoms with Gasteiger partial charge in [-0.2, -0.15) is 11.8 Å². The second kappa shape index (κ2) is 7.37. The molecule has 6 heteroatoms. The fourth-order valence-corrected chi connectivity index (χ4v) is 1.61. The van der Waals surface area contributed by atoms with E-state index >= 15 is 0 Å². The van der Waals surface area contributed by atoms with E-state index in [2.05, 4.69) is 0 Å². The van der Waals surface area contributed by atoms with Gasteiger partial charge in [-0.1, -0.05) is 0 Å². The largest absolute Gasteiger partial charge is 0.481 e. The molecule has 0 fully saturated rings. The number of hydrogen-bond acceptors (Lipinski definition) is 4. The van der Waals surface area contributed by atoms with Crippen molar-refractivity contribution >= 4 is 29.4 Å². The molecule has 3 N–H and O–H groups in total. The minimum absolute atomic E-state index is 0.142. The van der Waals surface area contributed by atoms with Crippen LogP contribution in [0.5, 0.6) is 0 Å². The molecular weight excluding hydrogens is 206 g/mol. The lowest BCUT2D eigenvalue weighted by Gasteiger charge is -1.99. The fourth-order valence-electron chi connectivity index (χ4n) is 0.709. The molecule has 80 valence electrons. The molecule has 0 aliphatic carbocycles. The van der Waals surface area contributed by atoms with Crippen molar-refractivity contribution in [2.75, 3.05) is 11.5 Å². The van der Waals surface area contributed by atoms with E-state index in [9.17, 15) is 9.59 Å². The summed E-state index contributed by atoms with van der Waals surface area (Å²) in [6.45, 7) is 0. The standard InChI is InChI=1S/C8H13NO4S/c9-6(8(12)13)3-5-14-4-1-2-7(10)11/h9H,1-5H2,(H,10,11)(H,12,13). The number of nitrogens with one attached hydrogen (secondary N) is 1. The highest BCUT2D eigenvalue weighted by molar-refractivity contribution is 7.99. The van der Waals surface area contributed by atoms with Crippen LogP contribution in [-0.2, 0) is 9.59 Å². The van der Waals surface area contributed by atoms with Crippen LogP contribution in [0, 0.1) is 5.41 Å². The van der Waals surface area contributed by atoms with E-state index in [0.29, 0.717) is 17.9 Å². The van der Waals surface area contributed by atoms with Crippen molar-refractivity contribution in [1.29, 1.82) is 5.41 Å². The molecule has 0 radical (unpaired) electrons. The van der Waals surface area contributed by atoms with Crippen LogP contribution in [0.15, 0.2) is 0 Å². The Morgan fingerprint density at radius 2 is 1.79 bits per heavy atom. The Morgan fingerprint density at radius 3 is 2.29 bits per heavy atom. The molecule has 5 nitrogen and oxygen atoms in total. The van der Waals surface area contributed by atoms with Crippen molar-refractivity contribution in [3.8, 4) is 0 Å². The van der Waals surface area contributed by atoms with Crippen LogP contribution >= 0.6 is 11.8 Å². The summed E-state index contributed by atoms with van der Waals surface area (Å²) in [5, 5.41) is 23.6. The highest BCUT2D eigenvalue weighted by Crippen LogP contribution is 2.06. The van der Waals surface area contributed by atoms with Crippen molar-refractivity contribution in [3.05, 3.63) is 0 Å². The van der Waals surface area contributed by atoms with Gasteiger partial charge in [0.2, 0.25) is 0 Å². The molecule has 0 saturated heterocycles. The molecule has 0 aliphatic rings. The summed E-state index contributed by atoms with van der Waals surface area (Å²) in [6.07, 6.45) is 0.955. The number of carbonyl (C=O) groups is 2. The van der Waals surface area contributed by atoms with Crippen LogP contribution in [-0.4, -0.2) is 39.4 Å². The lowest BCUT2D eigenvalue weighted by Crippen LogP contribution is -2.12. The van der Waals surface area contributed by atoms with Crippen molar-refractivity contribution in [2.24, 2.45) is 0 Å². The third-order valence-corrected chi connectivity index (χ3v) is 2.50. The van der Waals surface area contributed by atoms with Crippen LogP contribution in [0.3, 0.4) is 0 Å². The molecule has 0 saturated carbocycles. The number of hydrogen-bond donors (Lipinski definition) is 3. The zero-order valence-corrected chi connectivity index (χ0v) is 8.47. The summed E-state index contributed by atoms with van der Waals surface area (Å²) < 4.78 is 0. The van der Waals surface area contributed by atoms with Gasteiger partial charge in [-0.3, -0.25) is 10.2 Å². The van der Waals surface area contributed by atoms with Crippen LogP contribution in [0.25, 0.3) is 0 Å². The van der Waals surface area contributed by atoms with Crippen molar-refractivity contribution in [1.82, 2.24) is 0 Å². The Hall–Kier alpha value is -1.04. The summed E-state index contributed by atoms with van der Waals surface area (Å²) in [5.41, 5.74) is -0.296. The van der Waals surface area contributed by atoms with Crippen LogP contribution in [0.1, 0.15) is 19.3 Å². The Kier molecular flexibility index (Phi) is 6.82. The van der Waals surface area contributed by atoms with Gasteiger partial charge in [-0.25, -0.2) is 4.79 Å². The zero-order valence-electron chi connectivity index (χ0n) is 7.65. The van der Waals surface area contributed by atoms with Crippen molar-refractivity contribution in [2.45, 2.75) is 19.3 Å². The van der Waals surface area contributed by atoms with E-state index in [0.717, 1.165) is 0 Å². The minimum atomic E-state index is -1.18. The third kappa shape index (κ3) is 7.60. The summed E-state index contributed by atoms with van der Waals surface area (Å²) in [5.74, 6) is -0.746. The quantitative estimate of drug-likeness (QED) is 0.419. The number of carboxylic acid groups (broad SMARTS) is 2. The van der Waals surface area contributed by atoms with Gasteiger partial charge in [0.1, 0.15) is 5.71 Å². The molecule has 0 aromatic rings. The first-order chi connectivity index (χ1) is 6.54. The van der Waals surface area contributed by atoms with Gasteiger partial charge in [0, 0.05) is 12.8 Å². The smallest absolute Gasteiger partial charge is 0.349 e. The zero-order chi connectivity index (χ0) is 11.0. The first-order valence-electron chi connectivity index (χ1n) is 4.14. The summed E-state index contributed by atoms with van der Waals surface area (Å²) in [4.78, 5) is 20.3.